The van der Waals surface area contributed by atoms with Crippen molar-refractivity contribution in [3.8, 4) is 11.5 Å². The van der Waals surface area contributed by atoms with Gasteiger partial charge in [0.15, 0.2) is 0 Å². The molecule has 0 bridgehead atoms. The molecule has 0 aliphatic carbocycles. The average molecular weight is 345 g/mol. The molecule has 3 nitrogen and oxygen atoms in total. The lowest BCUT2D eigenvalue weighted by Gasteiger charge is -2.13. The van der Waals surface area contributed by atoms with Crippen molar-refractivity contribution in [1.82, 2.24) is 0 Å². The summed E-state index contributed by atoms with van der Waals surface area (Å²) in [5.74, 6) is 1.41. The summed E-state index contributed by atoms with van der Waals surface area (Å²) in [7, 11) is -1.75. The van der Waals surface area contributed by atoms with E-state index in [1.54, 1.807) is 0 Å². The van der Waals surface area contributed by atoms with E-state index in [0.717, 1.165) is 36.3 Å². The maximum atomic E-state index is 13.1. The Morgan fingerprint density at radius 1 is 0.750 bits per heavy atom. The van der Waals surface area contributed by atoms with Gasteiger partial charge in [-0.15, -0.1) is 0 Å². The first-order valence-electron chi connectivity index (χ1n) is 8.68. The molecule has 0 aliphatic rings. The Bertz CT molecular complexity index is 599. The topological polar surface area (TPSA) is 35.5 Å². The van der Waals surface area contributed by atoms with E-state index in [1.807, 2.05) is 48.5 Å². The second kappa shape index (κ2) is 10.1. The van der Waals surface area contributed by atoms with Crippen molar-refractivity contribution < 1.29 is 14.0 Å². The molecule has 0 aliphatic heterocycles. The van der Waals surface area contributed by atoms with Gasteiger partial charge in [0.05, 0.1) is 23.8 Å². The van der Waals surface area contributed by atoms with Crippen LogP contribution in [0.4, 0.5) is 0 Å². The minimum absolute atomic E-state index is 0.644. The van der Waals surface area contributed by atoms with E-state index in [1.165, 1.54) is 0 Å². The van der Waals surface area contributed by atoms with Crippen LogP contribution in [0.25, 0.3) is 0 Å². The van der Waals surface area contributed by atoms with E-state index in [2.05, 4.69) is 13.8 Å². The highest BCUT2D eigenvalue weighted by atomic mass is 31.1. The van der Waals surface area contributed by atoms with Gasteiger partial charge in [0, 0.05) is 0 Å². The highest BCUT2D eigenvalue weighted by Crippen LogP contribution is 2.30. The smallest absolute Gasteiger partial charge is 0.144 e. The first-order chi connectivity index (χ1) is 11.8. The van der Waals surface area contributed by atoms with Crippen molar-refractivity contribution in [2.24, 2.45) is 0 Å². The predicted octanol–water partition coefficient (Wildman–Crippen LogP) is 4.82. The van der Waals surface area contributed by atoms with Crippen molar-refractivity contribution in [1.29, 1.82) is 0 Å². The molecule has 0 N–H and O–H groups in total. The monoisotopic (exact) mass is 345 g/mol. The molecule has 2 aromatic rings. The minimum atomic E-state index is -1.75. The van der Waals surface area contributed by atoms with Crippen LogP contribution in [-0.4, -0.2) is 13.2 Å². The van der Waals surface area contributed by atoms with Crippen molar-refractivity contribution in [2.45, 2.75) is 39.5 Å². The Morgan fingerprint density at radius 2 is 1.17 bits per heavy atom. The largest absolute Gasteiger partial charge is 0.492 e. The zero-order chi connectivity index (χ0) is 17.2. The van der Waals surface area contributed by atoms with Gasteiger partial charge in [-0.3, -0.25) is 4.57 Å². The number of para-hydroxylation sites is 2. The van der Waals surface area contributed by atoms with Crippen molar-refractivity contribution >= 4 is 18.4 Å². The molecular weight excluding hydrogens is 319 g/mol. The van der Waals surface area contributed by atoms with E-state index in [4.69, 9.17) is 9.47 Å². The fourth-order valence-corrected chi connectivity index (χ4v) is 3.66. The number of unbranched alkanes of at least 4 members (excludes halogenated alkanes) is 2. The highest BCUT2D eigenvalue weighted by Gasteiger charge is 2.17. The second-order valence-electron chi connectivity index (χ2n) is 5.63. The first-order valence-corrected chi connectivity index (χ1v) is 9.94. The van der Waals surface area contributed by atoms with Crippen molar-refractivity contribution in [3.63, 3.8) is 0 Å². The van der Waals surface area contributed by atoms with E-state index in [-0.39, 0.29) is 0 Å². The zero-order valence-corrected chi connectivity index (χ0v) is 15.4. The van der Waals surface area contributed by atoms with Crippen molar-refractivity contribution in [2.75, 3.05) is 13.2 Å². The Kier molecular flexibility index (Phi) is 7.77. The fourth-order valence-electron chi connectivity index (χ4n) is 2.28. The summed E-state index contributed by atoms with van der Waals surface area (Å²) in [6.45, 7) is 5.54. The van der Waals surface area contributed by atoms with Crippen LogP contribution in [0.5, 0.6) is 11.5 Å². The molecule has 0 aromatic heterocycles. The van der Waals surface area contributed by atoms with Gasteiger partial charge in [-0.25, -0.2) is 0 Å². The molecule has 0 heterocycles. The van der Waals surface area contributed by atoms with Crippen LogP contribution in [0.2, 0.25) is 0 Å². The van der Waals surface area contributed by atoms with E-state index < -0.39 is 7.80 Å². The van der Waals surface area contributed by atoms with Crippen LogP contribution in [0, 0.1) is 0 Å². The third-order valence-corrected chi connectivity index (χ3v) is 5.29. The molecule has 0 saturated heterocycles. The van der Waals surface area contributed by atoms with Gasteiger partial charge in [-0.2, -0.15) is 0 Å². The Morgan fingerprint density at radius 3 is 1.58 bits per heavy atom. The summed E-state index contributed by atoms with van der Waals surface area (Å²) in [5.41, 5.74) is 0. The van der Waals surface area contributed by atoms with Gasteiger partial charge < -0.3 is 9.47 Å². The maximum Gasteiger partial charge on any atom is 0.144 e. The summed E-state index contributed by atoms with van der Waals surface area (Å²) in [6, 6.07) is 15.2. The summed E-state index contributed by atoms with van der Waals surface area (Å²) >= 11 is 0. The third kappa shape index (κ3) is 5.07. The quantitative estimate of drug-likeness (QED) is 0.457. The standard InChI is InChI=1S/C20H26O3P/c1-3-5-15-22-17-11-7-9-13-19(17)24(21)20-14-10-8-12-18(20)23-16-6-4-2/h7-14H,3-6,15-16H2,1-2H3. The first kappa shape index (κ1) is 18.5. The SMILES string of the molecule is CCCCOc1ccccc1[P](=O)c1ccccc1OCCCC. The van der Waals surface area contributed by atoms with Crippen molar-refractivity contribution in [3.05, 3.63) is 48.5 Å². The molecule has 0 fully saturated rings. The number of ether oxygens (including phenoxy) is 2. The summed E-state index contributed by atoms with van der Waals surface area (Å²) in [5, 5.41) is 1.46. The molecule has 2 aromatic carbocycles. The molecule has 129 valence electrons. The van der Waals surface area contributed by atoms with Crippen LogP contribution in [-0.2, 0) is 4.57 Å². The lowest BCUT2D eigenvalue weighted by molar-refractivity contribution is 0.311. The molecule has 1 radical (unpaired) electrons. The molecule has 0 saturated carbocycles. The lowest BCUT2D eigenvalue weighted by atomic mass is 10.3. The van der Waals surface area contributed by atoms with Gasteiger partial charge in [0.1, 0.15) is 19.3 Å². The Balaban J connectivity index is 2.22. The highest BCUT2D eigenvalue weighted by molar-refractivity contribution is 7.62. The van der Waals surface area contributed by atoms with Crippen LogP contribution < -0.4 is 20.1 Å². The van der Waals surface area contributed by atoms with Gasteiger partial charge in [-0.05, 0) is 37.1 Å². The molecule has 0 amide bonds. The summed E-state index contributed by atoms with van der Waals surface area (Å²) in [4.78, 5) is 0. The van der Waals surface area contributed by atoms with Gasteiger partial charge in [-0.1, -0.05) is 51.0 Å². The summed E-state index contributed by atoms with van der Waals surface area (Å²) in [6.07, 6.45) is 4.12. The fraction of sp³-hybridized carbons (Fsp3) is 0.400. The maximum absolute atomic E-state index is 13.1. The van der Waals surface area contributed by atoms with Gasteiger partial charge in [0.25, 0.3) is 0 Å². The number of hydrogen-bond acceptors (Lipinski definition) is 3. The van der Waals surface area contributed by atoms with E-state index in [9.17, 15) is 4.57 Å². The van der Waals surface area contributed by atoms with Crippen LogP contribution in [0.3, 0.4) is 0 Å². The normalized spacial score (nSPS) is 10.4. The van der Waals surface area contributed by atoms with E-state index >= 15 is 0 Å². The van der Waals surface area contributed by atoms with Crippen LogP contribution >= 0.6 is 7.80 Å². The zero-order valence-electron chi connectivity index (χ0n) is 14.5. The molecule has 2 rings (SSSR count). The lowest BCUT2D eigenvalue weighted by Crippen LogP contribution is -2.14. The second-order valence-corrected chi connectivity index (χ2v) is 7.19. The number of hydrogen-bond donors (Lipinski definition) is 0. The molecular formula is C20H26O3P. The molecule has 0 atom stereocenters. The number of rotatable bonds is 10. The number of benzene rings is 2. The average Bonchev–Trinajstić information content (AvgIpc) is 2.62. The molecule has 0 spiro atoms. The van der Waals surface area contributed by atoms with Crippen LogP contribution in [0.1, 0.15) is 39.5 Å². The predicted molar refractivity (Wildman–Crippen MR) is 101 cm³/mol. The Labute approximate surface area is 145 Å². The van der Waals surface area contributed by atoms with E-state index in [0.29, 0.717) is 24.7 Å². The molecule has 24 heavy (non-hydrogen) atoms. The third-order valence-electron chi connectivity index (χ3n) is 3.68. The van der Waals surface area contributed by atoms with Gasteiger partial charge >= 0.3 is 0 Å². The Hall–Kier alpha value is -1.86. The summed E-state index contributed by atoms with van der Waals surface area (Å²) < 4.78 is 24.8. The van der Waals surface area contributed by atoms with Crippen LogP contribution in [0.15, 0.2) is 48.5 Å². The van der Waals surface area contributed by atoms with Gasteiger partial charge in [0.2, 0.25) is 0 Å². The molecule has 0 unspecified atom stereocenters. The minimum Gasteiger partial charge on any atom is -0.492 e. The molecule has 4 heteroatoms.